The van der Waals surface area contributed by atoms with Crippen LogP contribution >= 0.6 is 11.3 Å². The fourth-order valence-electron chi connectivity index (χ4n) is 4.69. The van der Waals surface area contributed by atoms with Crippen molar-refractivity contribution in [3.8, 4) is 0 Å². The Kier molecular flexibility index (Phi) is 6.67. The monoisotopic (exact) mass is 452 g/mol. The lowest BCUT2D eigenvalue weighted by atomic mass is 10.0. The quantitative estimate of drug-likeness (QED) is 0.596. The predicted molar refractivity (Wildman–Crippen MR) is 132 cm³/mol. The van der Waals surface area contributed by atoms with Gasteiger partial charge in [0.2, 0.25) is 0 Å². The van der Waals surface area contributed by atoms with E-state index in [1.165, 1.54) is 16.2 Å². The summed E-state index contributed by atoms with van der Waals surface area (Å²) in [5.74, 6) is -0.460. The van der Waals surface area contributed by atoms with Crippen molar-refractivity contribution >= 4 is 40.1 Å². The Hall–Kier alpha value is -2.64. The van der Waals surface area contributed by atoms with E-state index in [1.54, 1.807) is 0 Å². The molecule has 7 heteroatoms. The molecule has 6 nitrogen and oxygen atoms in total. The first-order valence-electron chi connectivity index (χ1n) is 11.4. The van der Waals surface area contributed by atoms with Crippen LogP contribution in [0.4, 0.5) is 11.4 Å². The number of piperidine rings is 1. The molecule has 1 aromatic carbocycles. The Bertz CT molecular complexity index is 987. The van der Waals surface area contributed by atoms with E-state index in [1.807, 2.05) is 48.8 Å². The lowest BCUT2D eigenvalue weighted by Gasteiger charge is -2.36. The number of thiophene rings is 1. The molecule has 0 unspecified atom stereocenters. The molecule has 1 fully saturated rings. The molecule has 0 bridgehead atoms. The molecule has 0 atom stereocenters. The van der Waals surface area contributed by atoms with Gasteiger partial charge < -0.3 is 14.7 Å². The number of likely N-dealkylation sites (tertiary alicyclic amines) is 1. The van der Waals surface area contributed by atoms with Gasteiger partial charge >= 0.3 is 0 Å². The maximum atomic E-state index is 13.7. The van der Waals surface area contributed by atoms with Gasteiger partial charge in [-0.3, -0.25) is 9.59 Å². The summed E-state index contributed by atoms with van der Waals surface area (Å²) in [6, 6.07) is 11.9. The van der Waals surface area contributed by atoms with Gasteiger partial charge in [-0.25, -0.2) is 4.90 Å². The second-order valence-electron chi connectivity index (χ2n) is 8.48. The van der Waals surface area contributed by atoms with Gasteiger partial charge in [0.05, 0.1) is 11.3 Å². The van der Waals surface area contributed by atoms with Crippen LogP contribution in [0, 0.1) is 0 Å². The standard InChI is InChI=1S/C25H32N4O2S/c1-5-28(6-2)19-9-11-20(12-10-19)29-24(30)22(21-8-7-17-32-21)23(25(29)31)27(4)18-13-15-26(3)16-14-18/h7-12,17-18H,5-6,13-16H2,1-4H3. The average molecular weight is 453 g/mol. The number of benzene rings is 1. The molecule has 3 heterocycles. The van der Waals surface area contributed by atoms with Crippen molar-refractivity contribution in [1.82, 2.24) is 9.80 Å². The third-order valence-electron chi connectivity index (χ3n) is 6.65. The maximum Gasteiger partial charge on any atom is 0.282 e. The minimum atomic E-state index is -0.234. The number of amides is 2. The fraction of sp³-hybridized carbons (Fsp3) is 0.440. The topological polar surface area (TPSA) is 47.1 Å². The van der Waals surface area contributed by atoms with Crippen molar-refractivity contribution in [2.75, 3.05) is 50.1 Å². The van der Waals surface area contributed by atoms with Gasteiger partial charge in [-0.15, -0.1) is 11.3 Å². The molecule has 170 valence electrons. The van der Waals surface area contributed by atoms with Gasteiger partial charge in [0.25, 0.3) is 11.8 Å². The van der Waals surface area contributed by atoms with E-state index in [-0.39, 0.29) is 17.9 Å². The molecule has 2 aliphatic rings. The van der Waals surface area contributed by atoms with Crippen molar-refractivity contribution in [3.05, 3.63) is 52.4 Å². The smallest absolute Gasteiger partial charge is 0.282 e. The summed E-state index contributed by atoms with van der Waals surface area (Å²) >= 11 is 1.50. The summed E-state index contributed by atoms with van der Waals surface area (Å²) in [6.07, 6.45) is 1.96. The molecule has 0 saturated carbocycles. The van der Waals surface area contributed by atoms with Crippen molar-refractivity contribution in [3.63, 3.8) is 0 Å². The lowest BCUT2D eigenvalue weighted by molar-refractivity contribution is -0.120. The first-order chi connectivity index (χ1) is 15.5. The Labute approximate surface area is 194 Å². The van der Waals surface area contributed by atoms with E-state index < -0.39 is 0 Å². The summed E-state index contributed by atoms with van der Waals surface area (Å²) in [6.45, 7) is 8.05. The Morgan fingerprint density at radius 1 is 1.00 bits per heavy atom. The van der Waals surface area contributed by atoms with Crippen LogP contribution in [-0.2, 0) is 9.59 Å². The second-order valence-corrected chi connectivity index (χ2v) is 9.43. The number of anilines is 2. The molecule has 0 aliphatic carbocycles. The lowest BCUT2D eigenvalue weighted by Crippen LogP contribution is -2.43. The number of hydrogen-bond donors (Lipinski definition) is 0. The molecule has 32 heavy (non-hydrogen) atoms. The second kappa shape index (κ2) is 9.46. The molecular formula is C25H32N4O2S. The van der Waals surface area contributed by atoms with Crippen LogP contribution < -0.4 is 9.80 Å². The number of nitrogens with zero attached hydrogens (tertiary/aromatic N) is 4. The summed E-state index contributed by atoms with van der Waals surface area (Å²) < 4.78 is 0. The first kappa shape index (κ1) is 22.6. The zero-order valence-electron chi connectivity index (χ0n) is 19.4. The van der Waals surface area contributed by atoms with Gasteiger partial charge in [0.15, 0.2) is 0 Å². The van der Waals surface area contributed by atoms with Gasteiger partial charge in [-0.05, 0) is 82.5 Å². The van der Waals surface area contributed by atoms with Crippen molar-refractivity contribution in [1.29, 1.82) is 0 Å². The molecular weight excluding hydrogens is 420 g/mol. The van der Waals surface area contributed by atoms with E-state index in [9.17, 15) is 9.59 Å². The summed E-state index contributed by atoms with van der Waals surface area (Å²) in [5, 5.41) is 1.95. The highest BCUT2D eigenvalue weighted by molar-refractivity contribution is 7.11. The van der Waals surface area contributed by atoms with Crippen molar-refractivity contribution < 1.29 is 9.59 Å². The van der Waals surface area contributed by atoms with Gasteiger partial charge in [0, 0.05) is 36.7 Å². The zero-order chi connectivity index (χ0) is 22.8. The Morgan fingerprint density at radius 3 is 2.22 bits per heavy atom. The first-order valence-corrected chi connectivity index (χ1v) is 12.3. The number of carbonyl (C=O) groups is 2. The number of likely N-dealkylation sites (N-methyl/N-ethyl adjacent to an activating group) is 1. The van der Waals surface area contributed by atoms with Crippen LogP contribution in [0.1, 0.15) is 31.6 Å². The minimum absolute atomic E-state index is 0.226. The van der Waals surface area contributed by atoms with E-state index in [4.69, 9.17) is 0 Å². The predicted octanol–water partition coefficient (Wildman–Crippen LogP) is 3.90. The fourth-order valence-corrected chi connectivity index (χ4v) is 5.45. The van der Waals surface area contributed by atoms with E-state index in [0.717, 1.165) is 49.6 Å². The van der Waals surface area contributed by atoms with Crippen LogP contribution in [-0.4, -0.2) is 67.9 Å². The highest BCUT2D eigenvalue weighted by Gasteiger charge is 2.43. The van der Waals surface area contributed by atoms with Crippen LogP contribution in [0.25, 0.3) is 5.57 Å². The molecule has 1 aromatic heterocycles. The van der Waals surface area contributed by atoms with Crippen LogP contribution in [0.15, 0.2) is 47.5 Å². The molecule has 0 radical (unpaired) electrons. The number of hydrogen-bond acceptors (Lipinski definition) is 6. The van der Waals surface area contributed by atoms with E-state index >= 15 is 0 Å². The number of rotatable bonds is 7. The SMILES string of the molecule is CCN(CC)c1ccc(N2C(=O)C(c3cccs3)=C(N(C)C3CCN(C)CC3)C2=O)cc1. The van der Waals surface area contributed by atoms with E-state index in [2.05, 4.69) is 35.6 Å². The molecule has 2 aliphatic heterocycles. The number of imide groups is 1. The highest BCUT2D eigenvalue weighted by atomic mass is 32.1. The summed E-state index contributed by atoms with van der Waals surface area (Å²) in [7, 11) is 4.09. The van der Waals surface area contributed by atoms with E-state index in [0.29, 0.717) is 17.0 Å². The third-order valence-corrected chi connectivity index (χ3v) is 7.54. The molecule has 2 amide bonds. The van der Waals surface area contributed by atoms with Gasteiger partial charge in [-0.1, -0.05) is 6.07 Å². The zero-order valence-corrected chi connectivity index (χ0v) is 20.2. The summed E-state index contributed by atoms with van der Waals surface area (Å²) in [4.78, 5) is 36.1. The van der Waals surface area contributed by atoms with Gasteiger partial charge in [0.1, 0.15) is 5.70 Å². The third kappa shape index (κ3) is 4.07. The minimum Gasteiger partial charge on any atom is -0.372 e. The molecule has 0 N–H and O–H groups in total. The maximum absolute atomic E-state index is 13.7. The van der Waals surface area contributed by atoms with Crippen LogP contribution in [0.3, 0.4) is 0 Å². The molecule has 0 spiro atoms. The van der Waals surface area contributed by atoms with Crippen LogP contribution in [0.5, 0.6) is 0 Å². The normalized spacial score (nSPS) is 18.1. The van der Waals surface area contributed by atoms with Crippen molar-refractivity contribution in [2.24, 2.45) is 0 Å². The largest absolute Gasteiger partial charge is 0.372 e. The number of carbonyl (C=O) groups excluding carboxylic acids is 2. The molecule has 1 saturated heterocycles. The average Bonchev–Trinajstić information content (AvgIpc) is 3.41. The van der Waals surface area contributed by atoms with Gasteiger partial charge in [-0.2, -0.15) is 0 Å². The molecule has 4 rings (SSSR count). The Morgan fingerprint density at radius 2 is 1.66 bits per heavy atom. The highest BCUT2D eigenvalue weighted by Crippen LogP contribution is 2.38. The van der Waals surface area contributed by atoms with Crippen molar-refractivity contribution in [2.45, 2.75) is 32.7 Å². The summed E-state index contributed by atoms with van der Waals surface area (Å²) in [5.41, 5.74) is 2.77. The Balaban J connectivity index is 1.68. The molecule has 2 aromatic rings. The van der Waals surface area contributed by atoms with Crippen LogP contribution in [0.2, 0.25) is 0 Å².